The molecule has 0 aliphatic heterocycles. The van der Waals surface area contributed by atoms with E-state index in [0.717, 1.165) is 12.1 Å². The molecule has 0 aliphatic rings. The largest absolute Gasteiger partial charge is 0.463 e. The Morgan fingerprint density at radius 2 is 2.14 bits per heavy atom. The Labute approximate surface area is 128 Å². The minimum atomic E-state index is -0.525. The number of hydrogen-bond donors (Lipinski definition) is 1. The maximum atomic E-state index is 11.5. The van der Waals surface area contributed by atoms with Crippen LogP contribution in [0.1, 0.15) is 33.0 Å². The number of thiophene rings is 1. The van der Waals surface area contributed by atoms with Crippen LogP contribution in [0.4, 0.5) is 5.82 Å². The maximum Gasteiger partial charge on any atom is 0.376 e. The highest BCUT2D eigenvalue weighted by atomic mass is 32.1. The highest BCUT2D eigenvalue weighted by molar-refractivity contribution is 7.11. The number of methoxy groups -OCH3 is 1. The van der Waals surface area contributed by atoms with Crippen LogP contribution < -0.4 is 5.32 Å². The molecular formula is C15H19N3O2S. The standard InChI is InChI=1S/C15H19N3O2S/c1-9(7-12-6-5-11(3)21-12)16-13-8-10(2)17-14(18-13)15(19)20-4/h5-6,8-9H,7H2,1-4H3,(H,16,17,18). The van der Waals surface area contributed by atoms with Crippen LogP contribution >= 0.6 is 11.3 Å². The zero-order chi connectivity index (χ0) is 15.4. The lowest BCUT2D eigenvalue weighted by molar-refractivity contribution is 0.0586. The van der Waals surface area contributed by atoms with Crippen molar-refractivity contribution in [3.05, 3.63) is 39.5 Å². The van der Waals surface area contributed by atoms with E-state index in [4.69, 9.17) is 0 Å². The summed E-state index contributed by atoms with van der Waals surface area (Å²) >= 11 is 1.79. The van der Waals surface area contributed by atoms with Gasteiger partial charge in [-0.25, -0.2) is 14.8 Å². The molecule has 1 N–H and O–H groups in total. The summed E-state index contributed by atoms with van der Waals surface area (Å²) in [5.41, 5.74) is 0.729. The van der Waals surface area contributed by atoms with Gasteiger partial charge in [-0.3, -0.25) is 0 Å². The monoisotopic (exact) mass is 305 g/mol. The number of hydrogen-bond acceptors (Lipinski definition) is 6. The first-order chi connectivity index (χ1) is 9.97. The topological polar surface area (TPSA) is 64.1 Å². The zero-order valence-corrected chi connectivity index (χ0v) is 13.5. The zero-order valence-electron chi connectivity index (χ0n) is 12.6. The second-order valence-electron chi connectivity index (χ2n) is 4.97. The van der Waals surface area contributed by atoms with Gasteiger partial charge in [-0.15, -0.1) is 11.3 Å². The number of rotatable bonds is 5. The first-order valence-corrected chi connectivity index (χ1v) is 7.55. The highest BCUT2D eigenvalue weighted by Crippen LogP contribution is 2.18. The fraction of sp³-hybridized carbons (Fsp3) is 0.400. The lowest BCUT2D eigenvalue weighted by atomic mass is 10.2. The molecule has 2 rings (SSSR count). The molecule has 6 heteroatoms. The Balaban J connectivity index is 2.08. The third kappa shape index (κ3) is 4.26. The predicted molar refractivity (Wildman–Crippen MR) is 84.0 cm³/mol. The number of anilines is 1. The van der Waals surface area contributed by atoms with Crippen LogP contribution in [0.15, 0.2) is 18.2 Å². The highest BCUT2D eigenvalue weighted by Gasteiger charge is 2.13. The van der Waals surface area contributed by atoms with Crippen LogP contribution in [0.3, 0.4) is 0 Å². The molecule has 2 aromatic rings. The minimum absolute atomic E-state index is 0.0826. The normalized spacial score (nSPS) is 12.0. The van der Waals surface area contributed by atoms with E-state index in [0.29, 0.717) is 5.82 Å². The fourth-order valence-electron chi connectivity index (χ4n) is 2.03. The number of esters is 1. The van der Waals surface area contributed by atoms with Crippen LogP contribution in [0.2, 0.25) is 0 Å². The van der Waals surface area contributed by atoms with Gasteiger partial charge in [0.25, 0.3) is 0 Å². The van der Waals surface area contributed by atoms with Crippen molar-refractivity contribution in [1.82, 2.24) is 9.97 Å². The first kappa shape index (κ1) is 15.4. The summed E-state index contributed by atoms with van der Waals surface area (Å²) < 4.78 is 4.66. The van der Waals surface area contributed by atoms with E-state index in [2.05, 4.69) is 46.0 Å². The number of nitrogens with one attached hydrogen (secondary N) is 1. The van der Waals surface area contributed by atoms with Gasteiger partial charge in [0, 0.05) is 34.0 Å². The maximum absolute atomic E-state index is 11.5. The van der Waals surface area contributed by atoms with Crippen LogP contribution in [-0.4, -0.2) is 29.1 Å². The van der Waals surface area contributed by atoms with Gasteiger partial charge in [0.05, 0.1) is 7.11 Å². The Kier molecular flexibility index (Phi) is 4.90. The van der Waals surface area contributed by atoms with Crippen molar-refractivity contribution in [1.29, 1.82) is 0 Å². The summed E-state index contributed by atoms with van der Waals surface area (Å²) in [6.07, 6.45) is 0.912. The predicted octanol–water partition coefficient (Wildman–Crippen LogP) is 2.98. The van der Waals surface area contributed by atoms with E-state index >= 15 is 0 Å². The van der Waals surface area contributed by atoms with Gasteiger partial charge >= 0.3 is 5.97 Å². The Hall–Kier alpha value is -1.95. The van der Waals surface area contributed by atoms with Gasteiger partial charge in [0.15, 0.2) is 0 Å². The van der Waals surface area contributed by atoms with Crippen molar-refractivity contribution in [3.8, 4) is 0 Å². The third-order valence-electron chi connectivity index (χ3n) is 2.92. The van der Waals surface area contributed by atoms with Gasteiger partial charge in [-0.1, -0.05) is 0 Å². The Morgan fingerprint density at radius 3 is 2.76 bits per heavy atom. The first-order valence-electron chi connectivity index (χ1n) is 6.74. The number of aryl methyl sites for hydroxylation is 2. The molecule has 2 heterocycles. The molecule has 0 aliphatic carbocycles. The van der Waals surface area contributed by atoms with Crippen LogP contribution in [0.5, 0.6) is 0 Å². The number of carbonyl (C=O) groups excluding carboxylic acids is 1. The molecule has 112 valence electrons. The molecule has 0 bridgehead atoms. The van der Waals surface area contributed by atoms with Gasteiger partial charge in [0.1, 0.15) is 5.82 Å². The lowest BCUT2D eigenvalue weighted by Crippen LogP contribution is -2.20. The molecule has 0 saturated heterocycles. The van der Waals surface area contributed by atoms with E-state index in [1.54, 1.807) is 11.3 Å². The van der Waals surface area contributed by atoms with Crippen molar-refractivity contribution in [2.24, 2.45) is 0 Å². The van der Waals surface area contributed by atoms with Gasteiger partial charge < -0.3 is 10.1 Å². The molecule has 0 fully saturated rings. The molecule has 5 nitrogen and oxygen atoms in total. The molecule has 0 spiro atoms. The molecule has 2 aromatic heterocycles. The van der Waals surface area contributed by atoms with Gasteiger partial charge in [-0.2, -0.15) is 0 Å². The lowest BCUT2D eigenvalue weighted by Gasteiger charge is -2.14. The summed E-state index contributed by atoms with van der Waals surface area (Å²) in [6, 6.07) is 6.30. The minimum Gasteiger partial charge on any atom is -0.463 e. The molecule has 1 unspecified atom stereocenters. The van der Waals surface area contributed by atoms with Crippen molar-refractivity contribution < 1.29 is 9.53 Å². The van der Waals surface area contributed by atoms with Gasteiger partial charge in [0.2, 0.25) is 5.82 Å². The van der Waals surface area contributed by atoms with Crippen molar-refractivity contribution in [2.45, 2.75) is 33.2 Å². The smallest absolute Gasteiger partial charge is 0.376 e. The van der Waals surface area contributed by atoms with E-state index in [1.807, 2.05) is 13.0 Å². The van der Waals surface area contributed by atoms with E-state index in [1.165, 1.54) is 16.9 Å². The molecule has 0 radical (unpaired) electrons. The number of ether oxygens (including phenoxy) is 1. The average molecular weight is 305 g/mol. The molecule has 0 amide bonds. The summed E-state index contributed by atoms with van der Waals surface area (Å²) in [7, 11) is 1.32. The van der Waals surface area contributed by atoms with Crippen LogP contribution in [0, 0.1) is 13.8 Å². The Bertz CT molecular complexity index is 640. The third-order valence-corrected chi connectivity index (χ3v) is 3.94. The molecule has 0 aromatic carbocycles. The van der Waals surface area contributed by atoms with Crippen molar-refractivity contribution in [3.63, 3.8) is 0 Å². The second kappa shape index (κ2) is 6.67. The van der Waals surface area contributed by atoms with E-state index in [9.17, 15) is 4.79 Å². The number of nitrogens with zero attached hydrogens (tertiary/aromatic N) is 2. The van der Waals surface area contributed by atoms with Crippen LogP contribution in [0.25, 0.3) is 0 Å². The summed E-state index contributed by atoms with van der Waals surface area (Å²) in [5.74, 6) is 0.200. The van der Waals surface area contributed by atoms with Gasteiger partial charge in [-0.05, 0) is 32.9 Å². The van der Waals surface area contributed by atoms with Crippen molar-refractivity contribution >= 4 is 23.1 Å². The average Bonchev–Trinajstić information content (AvgIpc) is 2.82. The second-order valence-corrected chi connectivity index (χ2v) is 6.34. The quantitative estimate of drug-likeness (QED) is 0.860. The van der Waals surface area contributed by atoms with E-state index in [-0.39, 0.29) is 11.9 Å². The molecule has 0 saturated carbocycles. The number of carbonyl (C=O) groups is 1. The Morgan fingerprint density at radius 1 is 1.38 bits per heavy atom. The summed E-state index contributed by atoms with van der Waals surface area (Å²) in [6.45, 7) is 6.01. The molecule has 21 heavy (non-hydrogen) atoms. The van der Waals surface area contributed by atoms with E-state index < -0.39 is 5.97 Å². The summed E-state index contributed by atoms with van der Waals surface area (Å²) in [5, 5.41) is 3.31. The number of aromatic nitrogens is 2. The fourth-order valence-corrected chi connectivity index (χ4v) is 3.04. The molecule has 1 atom stereocenters. The van der Waals surface area contributed by atoms with Crippen molar-refractivity contribution in [2.75, 3.05) is 12.4 Å². The SMILES string of the molecule is COC(=O)c1nc(C)cc(NC(C)Cc2ccc(C)s2)n1. The summed E-state index contributed by atoms with van der Waals surface area (Å²) in [4.78, 5) is 22.4. The molecular weight excluding hydrogens is 286 g/mol. The van der Waals surface area contributed by atoms with Crippen LogP contribution in [-0.2, 0) is 11.2 Å².